The lowest BCUT2D eigenvalue weighted by molar-refractivity contribution is 0.278. The van der Waals surface area contributed by atoms with Gasteiger partial charge in [0.15, 0.2) is 0 Å². The third-order valence-electron chi connectivity index (χ3n) is 3.08. The molecule has 0 radical (unpaired) electrons. The molecule has 1 N–H and O–H groups in total. The highest BCUT2D eigenvalue weighted by Gasteiger charge is 2.29. The summed E-state index contributed by atoms with van der Waals surface area (Å²) in [5.74, 6) is 0. The number of rotatable bonds is 2. The number of H-pyrrole nitrogens is 1. The third-order valence-corrected chi connectivity index (χ3v) is 3.08. The van der Waals surface area contributed by atoms with Crippen molar-refractivity contribution in [2.24, 2.45) is 5.41 Å². The summed E-state index contributed by atoms with van der Waals surface area (Å²) >= 11 is 0. The minimum absolute atomic E-state index is 0.0214. The van der Waals surface area contributed by atoms with E-state index in [9.17, 15) is 4.79 Å². The van der Waals surface area contributed by atoms with Crippen LogP contribution in [0.3, 0.4) is 0 Å². The Hall–Kier alpha value is -0.990. The van der Waals surface area contributed by atoms with E-state index in [1.54, 1.807) is 10.8 Å². The molecular formula is C10H16N2O. The van der Waals surface area contributed by atoms with Crippen LogP contribution >= 0.6 is 0 Å². The Labute approximate surface area is 77.8 Å². The zero-order valence-electron chi connectivity index (χ0n) is 8.05. The predicted molar refractivity (Wildman–Crippen MR) is 51.6 cm³/mol. The summed E-state index contributed by atoms with van der Waals surface area (Å²) in [6, 6.07) is 0. The van der Waals surface area contributed by atoms with Crippen LogP contribution in [-0.2, 0) is 6.54 Å². The Morgan fingerprint density at radius 1 is 1.54 bits per heavy atom. The molecule has 0 spiro atoms. The molecule has 13 heavy (non-hydrogen) atoms. The number of hydrogen-bond donors (Lipinski definition) is 1. The lowest BCUT2D eigenvalue weighted by atomic mass is 9.89. The zero-order chi connectivity index (χ0) is 9.31. The molecule has 1 aliphatic carbocycles. The van der Waals surface area contributed by atoms with E-state index in [-0.39, 0.29) is 5.69 Å². The second-order valence-corrected chi connectivity index (χ2v) is 4.41. The van der Waals surface area contributed by atoms with Crippen LogP contribution in [0.15, 0.2) is 17.2 Å². The van der Waals surface area contributed by atoms with Gasteiger partial charge in [0.1, 0.15) is 0 Å². The van der Waals surface area contributed by atoms with Crippen LogP contribution in [0.5, 0.6) is 0 Å². The van der Waals surface area contributed by atoms with Gasteiger partial charge in [-0.05, 0) is 18.3 Å². The molecule has 3 nitrogen and oxygen atoms in total. The molecule has 0 amide bonds. The average molecular weight is 180 g/mol. The van der Waals surface area contributed by atoms with Crippen molar-refractivity contribution in [2.45, 2.75) is 39.2 Å². The highest BCUT2D eigenvalue weighted by atomic mass is 16.1. The molecule has 0 aliphatic heterocycles. The lowest BCUT2D eigenvalue weighted by Crippen LogP contribution is -2.26. The molecule has 0 aromatic carbocycles. The largest absolute Gasteiger partial charge is 0.325 e. The minimum atomic E-state index is 0.0214. The number of nitrogens with zero attached hydrogens (tertiary/aromatic N) is 1. The number of aromatic nitrogens is 2. The molecule has 1 aromatic heterocycles. The zero-order valence-corrected chi connectivity index (χ0v) is 8.05. The molecule has 0 bridgehead atoms. The third kappa shape index (κ3) is 1.69. The summed E-state index contributed by atoms with van der Waals surface area (Å²) in [5.41, 5.74) is 0.375. The maximum absolute atomic E-state index is 11.3. The van der Waals surface area contributed by atoms with Gasteiger partial charge in [0, 0.05) is 18.9 Å². The first-order valence-electron chi connectivity index (χ1n) is 4.93. The Kier molecular flexibility index (Phi) is 2.02. The molecule has 1 saturated carbocycles. The molecule has 3 heteroatoms. The van der Waals surface area contributed by atoms with E-state index in [0.717, 1.165) is 6.54 Å². The van der Waals surface area contributed by atoms with E-state index >= 15 is 0 Å². The van der Waals surface area contributed by atoms with Crippen molar-refractivity contribution in [1.29, 1.82) is 0 Å². The van der Waals surface area contributed by atoms with Gasteiger partial charge in [-0.2, -0.15) is 0 Å². The van der Waals surface area contributed by atoms with E-state index < -0.39 is 0 Å². The maximum Gasteiger partial charge on any atom is 0.325 e. The van der Waals surface area contributed by atoms with E-state index in [2.05, 4.69) is 11.9 Å². The van der Waals surface area contributed by atoms with Gasteiger partial charge in [-0.1, -0.05) is 19.8 Å². The van der Waals surface area contributed by atoms with Crippen LogP contribution in [0.25, 0.3) is 0 Å². The molecule has 0 atom stereocenters. The van der Waals surface area contributed by atoms with Crippen molar-refractivity contribution in [2.75, 3.05) is 0 Å². The standard InChI is InChI=1S/C10H16N2O/c1-10(4-2-3-5-10)8-12-7-6-11-9(12)13/h6-7H,2-5,8H2,1H3,(H,11,13). The van der Waals surface area contributed by atoms with Gasteiger partial charge in [0.25, 0.3) is 0 Å². The summed E-state index contributed by atoms with van der Waals surface area (Å²) in [4.78, 5) is 13.9. The monoisotopic (exact) mass is 180 g/mol. The number of nitrogens with one attached hydrogen (secondary N) is 1. The fraction of sp³-hybridized carbons (Fsp3) is 0.700. The Morgan fingerprint density at radius 2 is 2.23 bits per heavy atom. The smallest absolute Gasteiger partial charge is 0.313 e. The fourth-order valence-corrected chi connectivity index (χ4v) is 2.27. The van der Waals surface area contributed by atoms with Gasteiger partial charge in [-0.3, -0.25) is 4.57 Å². The average Bonchev–Trinajstić information content (AvgIpc) is 2.64. The quantitative estimate of drug-likeness (QED) is 0.739. The van der Waals surface area contributed by atoms with Gasteiger partial charge in [-0.25, -0.2) is 4.79 Å². The van der Waals surface area contributed by atoms with Crippen LogP contribution in [0, 0.1) is 5.41 Å². The summed E-state index contributed by atoms with van der Waals surface area (Å²) in [5, 5.41) is 0. The fourth-order valence-electron chi connectivity index (χ4n) is 2.27. The molecule has 72 valence electrons. The first kappa shape index (κ1) is 8.60. The molecule has 2 rings (SSSR count). The van der Waals surface area contributed by atoms with Crippen LogP contribution in [-0.4, -0.2) is 9.55 Å². The van der Waals surface area contributed by atoms with Crippen molar-refractivity contribution in [3.63, 3.8) is 0 Å². The highest BCUT2D eigenvalue weighted by molar-refractivity contribution is 4.84. The molecule has 1 fully saturated rings. The Bertz CT molecular complexity index is 331. The summed E-state index contributed by atoms with van der Waals surface area (Å²) in [7, 11) is 0. The van der Waals surface area contributed by atoms with Crippen molar-refractivity contribution < 1.29 is 0 Å². The molecule has 0 saturated heterocycles. The minimum Gasteiger partial charge on any atom is -0.313 e. The van der Waals surface area contributed by atoms with Crippen molar-refractivity contribution in [3.05, 3.63) is 22.9 Å². The summed E-state index contributed by atoms with van der Waals surface area (Å²) in [6.45, 7) is 3.15. The number of aromatic amines is 1. The Morgan fingerprint density at radius 3 is 2.77 bits per heavy atom. The maximum atomic E-state index is 11.3. The van der Waals surface area contributed by atoms with E-state index in [1.165, 1.54) is 25.7 Å². The van der Waals surface area contributed by atoms with E-state index in [0.29, 0.717) is 5.41 Å². The lowest BCUT2D eigenvalue weighted by Gasteiger charge is -2.22. The van der Waals surface area contributed by atoms with E-state index in [4.69, 9.17) is 0 Å². The summed E-state index contributed by atoms with van der Waals surface area (Å²) < 4.78 is 1.78. The molecule has 1 aliphatic rings. The normalized spacial score (nSPS) is 20.7. The van der Waals surface area contributed by atoms with Crippen LogP contribution in [0.4, 0.5) is 0 Å². The van der Waals surface area contributed by atoms with Crippen LogP contribution < -0.4 is 5.69 Å². The second kappa shape index (κ2) is 3.05. The van der Waals surface area contributed by atoms with Crippen LogP contribution in [0.2, 0.25) is 0 Å². The van der Waals surface area contributed by atoms with Crippen molar-refractivity contribution >= 4 is 0 Å². The second-order valence-electron chi connectivity index (χ2n) is 4.41. The Balaban J connectivity index is 2.13. The molecule has 1 aromatic rings. The number of hydrogen-bond acceptors (Lipinski definition) is 1. The number of imidazole rings is 1. The first-order chi connectivity index (χ1) is 6.20. The molecule has 1 heterocycles. The van der Waals surface area contributed by atoms with Gasteiger partial charge in [-0.15, -0.1) is 0 Å². The van der Waals surface area contributed by atoms with Crippen molar-refractivity contribution in [1.82, 2.24) is 9.55 Å². The van der Waals surface area contributed by atoms with Gasteiger partial charge in [0.05, 0.1) is 0 Å². The van der Waals surface area contributed by atoms with Crippen molar-refractivity contribution in [3.8, 4) is 0 Å². The van der Waals surface area contributed by atoms with E-state index in [1.807, 2.05) is 6.20 Å². The molecule has 0 unspecified atom stereocenters. The SMILES string of the molecule is CC1(Cn2cc[nH]c2=O)CCCC1. The van der Waals surface area contributed by atoms with Crippen LogP contribution in [0.1, 0.15) is 32.6 Å². The first-order valence-corrected chi connectivity index (χ1v) is 4.93. The summed E-state index contributed by atoms with van der Waals surface area (Å²) in [6.07, 6.45) is 8.69. The van der Waals surface area contributed by atoms with Gasteiger partial charge >= 0.3 is 5.69 Å². The highest BCUT2D eigenvalue weighted by Crippen LogP contribution is 2.38. The van der Waals surface area contributed by atoms with Gasteiger partial charge < -0.3 is 4.98 Å². The van der Waals surface area contributed by atoms with Gasteiger partial charge in [0.2, 0.25) is 0 Å². The topological polar surface area (TPSA) is 37.8 Å². The predicted octanol–water partition coefficient (Wildman–Crippen LogP) is 1.76. The molecular weight excluding hydrogens is 164 g/mol.